The molecule has 0 amide bonds. The second kappa shape index (κ2) is 7.34. The normalized spacial score (nSPS) is 11.0. The van der Waals surface area contributed by atoms with Crippen LogP contribution >= 0.6 is 11.6 Å². The van der Waals surface area contributed by atoms with Crippen molar-refractivity contribution in [2.24, 2.45) is 27.2 Å². The lowest BCUT2D eigenvalue weighted by molar-refractivity contribution is 0.0698. The van der Waals surface area contributed by atoms with Gasteiger partial charge in [0.1, 0.15) is 0 Å². The lowest BCUT2D eigenvalue weighted by Gasteiger charge is -2.13. The van der Waals surface area contributed by atoms with Crippen molar-refractivity contribution in [3.63, 3.8) is 0 Å². The topological polar surface area (TPSA) is 152 Å². The number of hydrogen-bond acceptors (Lipinski definition) is 3. The molecule has 0 radical (unpaired) electrons. The van der Waals surface area contributed by atoms with E-state index in [2.05, 4.69) is 15.3 Å². The molecule has 0 aliphatic rings. The summed E-state index contributed by atoms with van der Waals surface area (Å²) in [6.07, 6.45) is 0. The summed E-state index contributed by atoms with van der Waals surface area (Å²) in [5.74, 6) is -1.60. The maximum Gasteiger partial charge on any atom is 0.337 e. The van der Waals surface area contributed by atoms with Gasteiger partial charge >= 0.3 is 5.97 Å². The van der Waals surface area contributed by atoms with Gasteiger partial charge in [-0.05, 0) is 24.3 Å². The van der Waals surface area contributed by atoms with E-state index in [1.807, 2.05) is 0 Å². The SMILES string of the molecule is NC(N)=NC(N)=Nc1cccc(C(=O)O)c1Nc1ccccc1Cl. The highest BCUT2D eigenvalue weighted by Crippen LogP contribution is 2.34. The fourth-order valence-electron chi connectivity index (χ4n) is 1.92. The number of halogens is 1. The van der Waals surface area contributed by atoms with Crippen molar-refractivity contribution in [1.29, 1.82) is 0 Å². The van der Waals surface area contributed by atoms with Gasteiger partial charge in [0, 0.05) is 0 Å². The predicted octanol–water partition coefficient (Wildman–Crippen LogP) is 2.00. The average molecular weight is 347 g/mol. The number of nitrogens with zero attached hydrogens (tertiary/aromatic N) is 2. The van der Waals surface area contributed by atoms with Gasteiger partial charge in [0.25, 0.3) is 0 Å². The maximum absolute atomic E-state index is 11.5. The van der Waals surface area contributed by atoms with E-state index in [1.165, 1.54) is 12.1 Å². The minimum absolute atomic E-state index is 0.00586. The van der Waals surface area contributed by atoms with Crippen LogP contribution in [0, 0.1) is 0 Å². The first-order chi connectivity index (χ1) is 11.4. The second-order valence-corrected chi connectivity index (χ2v) is 5.02. The fraction of sp³-hybridized carbons (Fsp3) is 0. The number of benzene rings is 2. The minimum Gasteiger partial charge on any atom is -0.478 e. The summed E-state index contributed by atoms with van der Waals surface area (Å²) in [5.41, 5.74) is 17.1. The van der Waals surface area contributed by atoms with Gasteiger partial charge in [0.15, 0.2) is 5.96 Å². The molecule has 8 N–H and O–H groups in total. The van der Waals surface area contributed by atoms with E-state index in [4.69, 9.17) is 28.8 Å². The van der Waals surface area contributed by atoms with Gasteiger partial charge in [-0.1, -0.05) is 29.8 Å². The van der Waals surface area contributed by atoms with Crippen LogP contribution in [0.3, 0.4) is 0 Å². The molecule has 124 valence electrons. The van der Waals surface area contributed by atoms with Crippen molar-refractivity contribution >= 4 is 46.6 Å². The number of nitrogens with two attached hydrogens (primary N) is 3. The monoisotopic (exact) mass is 346 g/mol. The third-order valence-electron chi connectivity index (χ3n) is 2.89. The Morgan fingerprint density at radius 2 is 1.79 bits per heavy atom. The molecule has 2 aromatic rings. The predicted molar refractivity (Wildman–Crippen MR) is 95.2 cm³/mol. The zero-order valence-electron chi connectivity index (χ0n) is 12.4. The summed E-state index contributed by atoms with van der Waals surface area (Å²) in [6.45, 7) is 0. The van der Waals surface area contributed by atoms with E-state index in [0.717, 1.165) is 0 Å². The smallest absolute Gasteiger partial charge is 0.337 e. The van der Waals surface area contributed by atoms with Crippen LogP contribution < -0.4 is 22.5 Å². The average Bonchev–Trinajstić information content (AvgIpc) is 2.50. The number of anilines is 2. The Bertz CT molecular complexity index is 830. The summed E-state index contributed by atoms with van der Waals surface area (Å²) < 4.78 is 0. The number of para-hydroxylation sites is 2. The molecule has 0 bridgehead atoms. The molecule has 2 rings (SSSR count). The zero-order chi connectivity index (χ0) is 17.7. The summed E-state index contributed by atoms with van der Waals surface area (Å²) >= 11 is 6.11. The third kappa shape index (κ3) is 4.14. The van der Waals surface area contributed by atoms with Crippen LogP contribution in [-0.4, -0.2) is 23.0 Å². The van der Waals surface area contributed by atoms with E-state index in [-0.39, 0.29) is 28.9 Å². The van der Waals surface area contributed by atoms with E-state index >= 15 is 0 Å². The summed E-state index contributed by atoms with van der Waals surface area (Å²) in [7, 11) is 0. The van der Waals surface area contributed by atoms with Crippen LogP contribution in [0.25, 0.3) is 0 Å². The molecular weight excluding hydrogens is 332 g/mol. The molecule has 0 aliphatic carbocycles. The van der Waals surface area contributed by atoms with Crippen LogP contribution in [0.2, 0.25) is 5.02 Å². The number of carboxylic acids is 1. The number of hydrogen-bond donors (Lipinski definition) is 5. The van der Waals surface area contributed by atoms with Gasteiger partial charge in [-0.25, -0.2) is 9.79 Å². The summed E-state index contributed by atoms with van der Waals surface area (Å²) in [5, 5.41) is 12.8. The van der Waals surface area contributed by atoms with Gasteiger partial charge in [-0.3, -0.25) is 0 Å². The standard InChI is InChI=1S/C15H15ClN6O2/c16-9-5-1-2-6-10(9)20-12-8(13(23)24)4-3-7-11(12)21-15(19)22-14(17)18/h1-7,20H,(H,23,24)(H6,17,18,19,21,22). The van der Waals surface area contributed by atoms with Crippen LogP contribution in [0.15, 0.2) is 52.4 Å². The van der Waals surface area contributed by atoms with Gasteiger partial charge in [-0.2, -0.15) is 4.99 Å². The molecule has 0 unspecified atom stereocenters. The first-order valence-electron chi connectivity index (χ1n) is 6.70. The highest BCUT2D eigenvalue weighted by Gasteiger charge is 2.15. The van der Waals surface area contributed by atoms with E-state index in [9.17, 15) is 9.90 Å². The van der Waals surface area contributed by atoms with Crippen LogP contribution in [-0.2, 0) is 0 Å². The lowest BCUT2D eigenvalue weighted by atomic mass is 10.1. The van der Waals surface area contributed by atoms with Gasteiger partial charge < -0.3 is 27.6 Å². The highest BCUT2D eigenvalue weighted by atomic mass is 35.5. The minimum atomic E-state index is -1.14. The molecule has 0 fully saturated rings. The second-order valence-electron chi connectivity index (χ2n) is 4.62. The Morgan fingerprint density at radius 3 is 2.42 bits per heavy atom. The summed E-state index contributed by atoms with van der Waals surface area (Å²) in [6, 6.07) is 11.4. The first kappa shape index (κ1) is 17.1. The number of carboxylic acid groups (broad SMARTS) is 1. The summed E-state index contributed by atoms with van der Waals surface area (Å²) in [4.78, 5) is 19.2. The molecule has 0 atom stereocenters. The molecule has 8 nitrogen and oxygen atoms in total. The van der Waals surface area contributed by atoms with E-state index in [0.29, 0.717) is 10.7 Å². The van der Waals surface area contributed by atoms with Crippen molar-refractivity contribution in [3.05, 3.63) is 53.1 Å². The Morgan fingerprint density at radius 1 is 1.08 bits per heavy atom. The number of rotatable bonds is 4. The molecule has 2 aromatic carbocycles. The van der Waals surface area contributed by atoms with Crippen LogP contribution in [0.1, 0.15) is 10.4 Å². The molecule has 0 aromatic heterocycles. The van der Waals surface area contributed by atoms with Crippen LogP contribution in [0.4, 0.5) is 17.1 Å². The fourth-order valence-corrected chi connectivity index (χ4v) is 2.10. The van der Waals surface area contributed by atoms with E-state index < -0.39 is 5.97 Å². The molecule has 0 saturated heterocycles. The lowest BCUT2D eigenvalue weighted by Crippen LogP contribution is -2.26. The quantitative estimate of drug-likeness (QED) is 0.421. The highest BCUT2D eigenvalue weighted by molar-refractivity contribution is 6.33. The third-order valence-corrected chi connectivity index (χ3v) is 3.21. The van der Waals surface area contributed by atoms with Gasteiger partial charge in [-0.15, -0.1) is 0 Å². The number of guanidine groups is 2. The molecule has 9 heteroatoms. The number of nitrogens with one attached hydrogen (secondary N) is 1. The van der Waals surface area contributed by atoms with Crippen LogP contribution in [0.5, 0.6) is 0 Å². The first-order valence-corrected chi connectivity index (χ1v) is 7.08. The molecule has 0 heterocycles. The molecule has 24 heavy (non-hydrogen) atoms. The van der Waals surface area contributed by atoms with E-state index in [1.54, 1.807) is 30.3 Å². The molecular formula is C15H15ClN6O2. The molecule has 0 aliphatic heterocycles. The number of aliphatic imine (C=N–C) groups is 2. The van der Waals surface area contributed by atoms with Crippen molar-refractivity contribution in [1.82, 2.24) is 0 Å². The molecule has 0 spiro atoms. The zero-order valence-corrected chi connectivity index (χ0v) is 13.2. The van der Waals surface area contributed by atoms with Crippen molar-refractivity contribution in [3.8, 4) is 0 Å². The Balaban J connectivity index is 2.56. The van der Waals surface area contributed by atoms with Gasteiger partial charge in [0.05, 0.1) is 27.6 Å². The van der Waals surface area contributed by atoms with Crippen molar-refractivity contribution in [2.75, 3.05) is 5.32 Å². The van der Waals surface area contributed by atoms with Gasteiger partial charge in [0.2, 0.25) is 5.96 Å². The number of carbonyl (C=O) groups is 1. The number of aromatic carboxylic acids is 1. The largest absolute Gasteiger partial charge is 0.478 e. The Kier molecular flexibility index (Phi) is 5.23. The van der Waals surface area contributed by atoms with Crippen molar-refractivity contribution in [2.45, 2.75) is 0 Å². The van der Waals surface area contributed by atoms with Crippen molar-refractivity contribution < 1.29 is 9.90 Å². The maximum atomic E-state index is 11.5. The Labute approximate surface area is 142 Å². The molecule has 0 saturated carbocycles. The Hall–Kier alpha value is -3.26.